The number of hydrogen-bond acceptors (Lipinski definition) is 4. The molecule has 1 N–H and O–H groups in total. The minimum atomic E-state index is -1.35. The van der Waals surface area contributed by atoms with Gasteiger partial charge >= 0.3 is 5.97 Å². The van der Waals surface area contributed by atoms with Gasteiger partial charge in [0.15, 0.2) is 0 Å². The second-order valence-corrected chi connectivity index (χ2v) is 5.43. The Balaban J connectivity index is 2.40. The molecule has 2 heterocycles. The molecule has 0 spiro atoms. The van der Waals surface area contributed by atoms with Crippen molar-refractivity contribution in [2.75, 3.05) is 0 Å². The largest absolute Gasteiger partial charge is 0.478 e. The summed E-state index contributed by atoms with van der Waals surface area (Å²) in [5.41, 5.74) is -0.00693. The monoisotopic (exact) mass is 306 g/mol. The van der Waals surface area contributed by atoms with Crippen LogP contribution in [0.3, 0.4) is 0 Å². The highest BCUT2D eigenvalue weighted by molar-refractivity contribution is 7.09. The molecule has 1 aromatic carbocycles. The molecule has 0 radical (unpaired) electrons. The van der Waals surface area contributed by atoms with Gasteiger partial charge in [0.1, 0.15) is 17.2 Å². The number of carbonyl (C=O) groups is 1. The first-order valence-electron chi connectivity index (χ1n) is 5.92. The number of aromatic nitrogens is 2. The Morgan fingerprint density at radius 1 is 1.19 bits per heavy atom. The van der Waals surface area contributed by atoms with Gasteiger partial charge in [-0.25, -0.2) is 23.5 Å². The Bertz CT molecular complexity index is 877. The maximum atomic E-state index is 13.9. The van der Waals surface area contributed by atoms with E-state index in [1.807, 2.05) is 0 Å². The fraction of sp³-hybridized carbons (Fsp3) is 0.0714. The predicted molar refractivity (Wildman–Crippen MR) is 74.5 cm³/mol. The molecule has 0 aliphatic rings. The average Bonchev–Trinajstić information content (AvgIpc) is 2.88. The summed E-state index contributed by atoms with van der Waals surface area (Å²) < 4.78 is 27.7. The van der Waals surface area contributed by atoms with E-state index in [9.17, 15) is 18.7 Å². The summed E-state index contributed by atoms with van der Waals surface area (Å²) in [7, 11) is 0. The number of carboxylic acids is 1. The topological polar surface area (TPSA) is 63.1 Å². The fourth-order valence-electron chi connectivity index (χ4n) is 2.05. The standard InChI is InChI=1S/C14H8F2N2O2S/c1-6-17-11(5-21-6)10-4-7(14(19)20)12-8(15)2-3-9(16)13(12)18-10/h2-5H,1H3,(H,19,20). The van der Waals surface area contributed by atoms with Crippen molar-refractivity contribution in [1.82, 2.24) is 9.97 Å². The number of pyridine rings is 1. The quantitative estimate of drug-likeness (QED) is 0.785. The van der Waals surface area contributed by atoms with Crippen LogP contribution in [0, 0.1) is 18.6 Å². The van der Waals surface area contributed by atoms with Gasteiger partial charge < -0.3 is 5.11 Å². The SMILES string of the molecule is Cc1nc(-c2cc(C(=O)O)c3c(F)ccc(F)c3n2)cs1. The smallest absolute Gasteiger partial charge is 0.336 e. The summed E-state index contributed by atoms with van der Waals surface area (Å²) in [6.07, 6.45) is 0. The highest BCUT2D eigenvalue weighted by atomic mass is 32.1. The summed E-state index contributed by atoms with van der Waals surface area (Å²) in [4.78, 5) is 19.5. The van der Waals surface area contributed by atoms with Crippen molar-refractivity contribution in [3.63, 3.8) is 0 Å². The molecule has 21 heavy (non-hydrogen) atoms. The van der Waals surface area contributed by atoms with Gasteiger partial charge in [0.05, 0.1) is 27.3 Å². The zero-order valence-electron chi connectivity index (χ0n) is 10.7. The molecule has 4 nitrogen and oxygen atoms in total. The van der Waals surface area contributed by atoms with Gasteiger partial charge in [0.25, 0.3) is 0 Å². The molecular weight excluding hydrogens is 298 g/mol. The van der Waals surface area contributed by atoms with Gasteiger partial charge in [0, 0.05) is 5.38 Å². The first kappa shape index (κ1) is 13.6. The van der Waals surface area contributed by atoms with Crippen LogP contribution in [0.5, 0.6) is 0 Å². The van der Waals surface area contributed by atoms with Crippen LogP contribution < -0.4 is 0 Å². The number of rotatable bonds is 2. The lowest BCUT2D eigenvalue weighted by molar-refractivity contribution is 0.0698. The van der Waals surface area contributed by atoms with Crippen molar-refractivity contribution in [1.29, 1.82) is 0 Å². The fourth-order valence-corrected chi connectivity index (χ4v) is 2.66. The molecule has 0 amide bonds. The van der Waals surface area contributed by atoms with Crippen LogP contribution in [0.1, 0.15) is 15.4 Å². The van der Waals surface area contributed by atoms with Gasteiger partial charge in [-0.05, 0) is 25.1 Å². The molecule has 106 valence electrons. The molecule has 0 unspecified atom stereocenters. The van der Waals surface area contributed by atoms with Gasteiger partial charge in [-0.2, -0.15) is 0 Å². The third-order valence-corrected chi connectivity index (χ3v) is 3.75. The number of carboxylic acid groups (broad SMARTS) is 1. The van der Waals surface area contributed by atoms with Crippen molar-refractivity contribution in [2.45, 2.75) is 6.92 Å². The van der Waals surface area contributed by atoms with Crippen molar-refractivity contribution in [3.05, 3.63) is 45.8 Å². The number of aryl methyl sites for hydroxylation is 1. The van der Waals surface area contributed by atoms with Crippen LogP contribution in [0.4, 0.5) is 8.78 Å². The summed E-state index contributed by atoms with van der Waals surface area (Å²) in [5, 5.41) is 11.4. The average molecular weight is 306 g/mol. The van der Waals surface area contributed by atoms with E-state index in [-0.39, 0.29) is 22.2 Å². The van der Waals surface area contributed by atoms with Gasteiger partial charge in [-0.1, -0.05) is 0 Å². The Hall–Kier alpha value is -2.41. The normalized spacial score (nSPS) is 11.0. The Morgan fingerprint density at radius 2 is 1.90 bits per heavy atom. The Labute approximate surface area is 121 Å². The summed E-state index contributed by atoms with van der Waals surface area (Å²) >= 11 is 1.36. The molecule has 3 rings (SSSR count). The third kappa shape index (κ3) is 2.25. The minimum absolute atomic E-state index is 0.203. The molecular formula is C14H8F2N2O2S. The van der Waals surface area contributed by atoms with Crippen LogP contribution in [0.2, 0.25) is 0 Å². The summed E-state index contributed by atoms with van der Waals surface area (Å²) in [6, 6.07) is 3.02. The van der Waals surface area contributed by atoms with Crippen molar-refractivity contribution >= 4 is 28.2 Å². The number of fused-ring (bicyclic) bond motifs is 1. The molecule has 0 aliphatic heterocycles. The lowest BCUT2D eigenvalue weighted by atomic mass is 10.1. The lowest BCUT2D eigenvalue weighted by Gasteiger charge is -2.07. The summed E-state index contributed by atoms with van der Waals surface area (Å²) in [5.74, 6) is -2.94. The number of halogens is 2. The molecule has 7 heteroatoms. The predicted octanol–water partition coefficient (Wildman–Crippen LogP) is 3.64. The molecule has 0 saturated heterocycles. The zero-order valence-corrected chi connectivity index (χ0v) is 11.5. The highest BCUT2D eigenvalue weighted by Gasteiger charge is 2.19. The first-order valence-corrected chi connectivity index (χ1v) is 6.80. The van der Waals surface area contributed by atoms with E-state index in [0.29, 0.717) is 5.69 Å². The van der Waals surface area contributed by atoms with E-state index in [1.165, 1.54) is 17.4 Å². The van der Waals surface area contributed by atoms with E-state index in [0.717, 1.165) is 17.1 Å². The second-order valence-electron chi connectivity index (χ2n) is 4.36. The van der Waals surface area contributed by atoms with E-state index < -0.39 is 17.6 Å². The van der Waals surface area contributed by atoms with Crippen LogP contribution in [-0.4, -0.2) is 21.0 Å². The van der Waals surface area contributed by atoms with E-state index in [1.54, 1.807) is 12.3 Å². The molecule has 0 fully saturated rings. The summed E-state index contributed by atoms with van der Waals surface area (Å²) in [6.45, 7) is 1.79. The van der Waals surface area contributed by atoms with Crippen LogP contribution in [0.25, 0.3) is 22.3 Å². The molecule has 0 bridgehead atoms. The number of aromatic carboxylic acids is 1. The second kappa shape index (κ2) is 4.85. The first-order chi connectivity index (χ1) is 9.97. The Kier molecular flexibility index (Phi) is 3.13. The van der Waals surface area contributed by atoms with E-state index >= 15 is 0 Å². The van der Waals surface area contributed by atoms with E-state index in [2.05, 4.69) is 9.97 Å². The molecule has 0 aliphatic carbocycles. The minimum Gasteiger partial charge on any atom is -0.478 e. The molecule has 3 aromatic rings. The van der Waals surface area contributed by atoms with Crippen molar-refractivity contribution < 1.29 is 18.7 Å². The van der Waals surface area contributed by atoms with E-state index in [4.69, 9.17) is 0 Å². The van der Waals surface area contributed by atoms with Gasteiger partial charge in [-0.15, -0.1) is 11.3 Å². The van der Waals surface area contributed by atoms with Crippen LogP contribution in [0.15, 0.2) is 23.6 Å². The van der Waals surface area contributed by atoms with Gasteiger partial charge in [-0.3, -0.25) is 0 Å². The highest BCUT2D eigenvalue weighted by Crippen LogP contribution is 2.28. The van der Waals surface area contributed by atoms with Crippen LogP contribution in [-0.2, 0) is 0 Å². The lowest BCUT2D eigenvalue weighted by Crippen LogP contribution is -2.03. The van der Waals surface area contributed by atoms with Crippen molar-refractivity contribution in [2.24, 2.45) is 0 Å². The van der Waals surface area contributed by atoms with Crippen molar-refractivity contribution in [3.8, 4) is 11.4 Å². The number of benzene rings is 1. The molecule has 2 aromatic heterocycles. The Morgan fingerprint density at radius 3 is 2.52 bits per heavy atom. The van der Waals surface area contributed by atoms with Crippen LogP contribution >= 0.6 is 11.3 Å². The van der Waals surface area contributed by atoms with Gasteiger partial charge in [0.2, 0.25) is 0 Å². The third-order valence-electron chi connectivity index (χ3n) is 2.97. The molecule has 0 saturated carbocycles. The maximum Gasteiger partial charge on any atom is 0.336 e. The molecule has 0 atom stereocenters. The number of thiazole rings is 1. The number of hydrogen-bond donors (Lipinski definition) is 1. The number of nitrogens with zero attached hydrogens (tertiary/aromatic N) is 2. The zero-order chi connectivity index (χ0) is 15.1. The maximum absolute atomic E-state index is 13.9.